The van der Waals surface area contributed by atoms with Gasteiger partial charge in [-0.3, -0.25) is 4.74 Å². The highest BCUT2D eigenvalue weighted by Crippen LogP contribution is 2.56. The van der Waals surface area contributed by atoms with E-state index < -0.39 is 35.6 Å². The van der Waals surface area contributed by atoms with Crippen LogP contribution in [0, 0.1) is 0 Å². The Labute approximate surface area is 111 Å². The van der Waals surface area contributed by atoms with E-state index in [1.807, 2.05) is 0 Å². The first-order chi connectivity index (χ1) is 9.30. The molecule has 0 unspecified atom stereocenters. The first-order valence-electron chi connectivity index (χ1n) is 5.11. The lowest BCUT2D eigenvalue weighted by Gasteiger charge is -2.42. The Balaban J connectivity index is 2.68. The monoisotopic (exact) mass is 323 g/mol. The van der Waals surface area contributed by atoms with Crippen LogP contribution >= 0.6 is 0 Å². The number of nitrogen functional groups attached to an aromatic ring is 1. The number of alkyl halides is 8. The number of nitrogens with two attached hydrogens (primary N) is 1. The van der Waals surface area contributed by atoms with Gasteiger partial charge in [-0.1, -0.05) is 0 Å². The molecule has 2 rings (SSSR count). The van der Waals surface area contributed by atoms with Gasteiger partial charge in [-0.05, 0) is 18.2 Å². The molecule has 0 atom stereocenters. The van der Waals surface area contributed by atoms with Gasteiger partial charge >= 0.3 is 24.2 Å². The lowest BCUT2D eigenvalue weighted by atomic mass is 10.1. The minimum absolute atomic E-state index is 0.313. The molecule has 0 saturated carbocycles. The van der Waals surface area contributed by atoms with Gasteiger partial charge in [0.1, 0.15) is 5.75 Å². The van der Waals surface area contributed by atoms with Crippen LogP contribution in [0.1, 0.15) is 5.56 Å². The van der Waals surface area contributed by atoms with Crippen molar-refractivity contribution in [1.82, 2.24) is 0 Å². The molecule has 0 spiro atoms. The van der Waals surface area contributed by atoms with E-state index in [2.05, 4.69) is 9.47 Å². The van der Waals surface area contributed by atoms with Crippen LogP contribution in [0.15, 0.2) is 18.2 Å². The van der Waals surface area contributed by atoms with Crippen molar-refractivity contribution in [1.29, 1.82) is 0 Å². The van der Waals surface area contributed by atoms with E-state index in [9.17, 15) is 35.1 Å². The molecular formula is C10H5F8NO2. The molecule has 1 aromatic carbocycles. The van der Waals surface area contributed by atoms with Crippen molar-refractivity contribution >= 4 is 5.69 Å². The number of halogens is 8. The van der Waals surface area contributed by atoms with Crippen molar-refractivity contribution in [2.24, 2.45) is 0 Å². The van der Waals surface area contributed by atoms with Crippen LogP contribution in [0.5, 0.6) is 5.75 Å². The van der Waals surface area contributed by atoms with E-state index in [-0.39, 0.29) is 5.69 Å². The van der Waals surface area contributed by atoms with Crippen LogP contribution in [0.2, 0.25) is 0 Å². The van der Waals surface area contributed by atoms with E-state index in [0.717, 1.165) is 6.07 Å². The van der Waals surface area contributed by atoms with Gasteiger partial charge < -0.3 is 10.5 Å². The fraction of sp³-hybridized carbons (Fsp3) is 0.400. The number of anilines is 1. The van der Waals surface area contributed by atoms with Crippen LogP contribution < -0.4 is 10.5 Å². The van der Waals surface area contributed by atoms with E-state index in [0.29, 0.717) is 12.1 Å². The Morgan fingerprint density at radius 2 is 1.48 bits per heavy atom. The van der Waals surface area contributed by atoms with Crippen molar-refractivity contribution in [3.8, 4) is 5.75 Å². The minimum atomic E-state index is -6.28. The summed E-state index contributed by atoms with van der Waals surface area (Å²) in [6.07, 6.45) is -17.5. The summed E-state index contributed by atoms with van der Waals surface area (Å²) < 4.78 is 110. The Morgan fingerprint density at radius 3 is 1.95 bits per heavy atom. The van der Waals surface area contributed by atoms with Crippen molar-refractivity contribution in [2.75, 3.05) is 5.73 Å². The molecule has 3 nitrogen and oxygen atoms in total. The molecule has 1 aliphatic rings. The summed E-state index contributed by atoms with van der Waals surface area (Å²) in [5.74, 6) is -6.79. The standard InChI is InChI=1S/C10H5F8NO2/c11-7(12)5-3-4(19)1-2-6(5)20-8(21-7,9(13,14)15)10(16,17)18/h1-3H,19H2. The largest absolute Gasteiger partial charge is 0.465 e. The van der Waals surface area contributed by atoms with Gasteiger partial charge in [-0.2, -0.15) is 35.1 Å². The summed E-state index contributed by atoms with van der Waals surface area (Å²) in [7, 11) is 0. The highest BCUT2D eigenvalue weighted by atomic mass is 19.4. The number of hydrogen-bond donors (Lipinski definition) is 1. The first-order valence-corrected chi connectivity index (χ1v) is 5.11. The van der Waals surface area contributed by atoms with Crippen molar-refractivity contribution in [3.05, 3.63) is 23.8 Å². The summed E-state index contributed by atoms with van der Waals surface area (Å²) in [5, 5.41) is 0. The summed E-state index contributed by atoms with van der Waals surface area (Å²) in [4.78, 5) is 0. The van der Waals surface area contributed by atoms with E-state index >= 15 is 0 Å². The molecule has 1 aliphatic heterocycles. The van der Waals surface area contributed by atoms with Gasteiger partial charge in [0.25, 0.3) is 0 Å². The zero-order valence-electron chi connectivity index (χ0n) is 9.65. The quantitative estimate of drug-likeness (QED) is 0.587. The van der Waals surface area contributed by atoms with Crippen LogP contribution in [-0.4, -0.2) is 18.1 Å². The highest BCUT2D eigenvalue weighted by molar-refractivity contribution is 5.50. The third-order valence-electron chi connectivity index (χ3n) is 2.59. The first kappa shape index (κ1) is 15.6. The molecule has 0 radical (unpaired) electrons. The molecule has 1 heterocycles. The van der Waals surface area contributed by atoms with Crippen molar-refractivity contribution in [2.45, 2.75) is 24.2 Å². The average molecular weight is 323 g/mol. The van der Waals surface area contributed by atoms with Gasteiger partial charge in [-0.25, -0.2) is 0 Å². The van der Waals surface area contributed by atoms with Gasteiger partial charge in [0.15, 0.2) is 0 Å². The number of hydrogen-bond acceptors (Lipinski definition) is 3. The molecule has 1 aromatic rings. The Morgan fingerprint density at radius 1 is 0.952 bits per heavy atom. The lowest BCUT2D eigenvalue weighted by Crippen LogP contribution is -2.66. The van der Waals surface area contributed by atoms with Crippen LogP contribution in [-0.2, 0) is 10.8 Å². The van der Waals surface area contributed by atoms with Crippen LogP contribution in [0.4, 0.5) is 40.8 Å². The number of rotatable bonds is 0. The third kappa shape index (κ3) is 2.24. The van der Waals surface area contributed by atoms with Gasteiger partial charge in [0, 0.05) is 5.69 Å². The molecule has 118 valence electrons. The Bertz CT molecular complexity index is 551. The van der Waals surface area contributed by atoms with Gasteiger partial charge in [0.05, 0.1) is 5.56 Å². The SMILES string of the molecule is Nc1ccc2c(c1)C(F)(F)OC(C(F)(F)F)(C(F)(F)F)O2. The van der Waals surface area contributed by atoms with E-state index in [1.54, 1.807) is 0 Å². The summed E-state index contributed by atoms with van der Waals surface area (Å²) >= 11 is 0. The molecule has 0 aliphatic carbocycles. The Kier molecular flexibility index (Phi) is 3.06. The van der Waals surface area contributed by atoms with E-state index in [4.69, 9.17) is 5.73 Å². The average Bonchev–Trinajstić information content (AvgIpc) is 2.26. The molecule has 0 amide bonds. The molecule has 0 bridgehead atoms. The Hall–Kier alpha value is -1.78. The van der Waals surface area contributed by atoms with Crippen molar-refractivity contribution in [3.63, 3.8) is 0 Å². The zero-order chi connectivity index (χ0) is 16.3. The topological polar surface area (TPSA) is 44.5 Å². The van der Waals surface area contributed by atoms with Crippen molar-refractivity contribution < 1.29 is 44.6 Å². The smallest absolute Gasteiger partial charge is 0.446 e. The maximum Gasteiger partial charge on any atom is 0.465 e. The molecule has 0 aromatic heterocycles. The predicted molar refractivity (Wildman–Crippen MR) is 51.3 cm³/mol. The minimum Gasteiger partial charge on any atom is -0.446 e. The van der Waals surface area contributed by atoms with Gasteiger partial charge in [-0.15, -0.1) is 0 Å². The lowest BCUT2D eigenvalue weighted by molar-refractivity contribution is -0.506. The molecule has 0 saturated heterocycles. The van der Waals surface area contributed by atoms with Crippen LogP contribution in [0.25, 0.3) is 0 Å². The maximum absolute atomic E-state index is 13.6. The summed E-state index contributed by atoms with van der Waals surface area (Å²) in [5.41, 5.74) is 3.51. The summed E-state index contributed by atoms with van der Waals surface area (Å²) in [6.45, 7) is 0. The fourth-order valence-electron chi connectivity index (χ4n) is 1.67. The fourth-order valence-corrected chi connectivity index (χ4v) is 1.67. The van der Waals surface area contributed by atoms with Gasteiger partial charge in [0.2, 0.25) is 0 Å². The third-order valence-corrected chi connectivity index (χ3v) is 2.59. The second-order valence-electron chi connectivity index (χ2n) is 4.09. The highest BCUT2D eigenvalue weighted by Gasteiger charge is 2.80. The number of fused-ring (bicyclic) bond motifs is 1. The molecule has 2 N–H and O–H groups in total. The van der Waals surface area contributed by atoms with Crippen LogP contribution in [0.3, 0.4) is 0 Å². The maximum atomic E-state index is 13.6. The molecule has 0 fully saturated rings. The zero-order valence-corrected chi connectivity index (χ0v) is 9.65. The normalized spacial score (nSPS) is 20.6. The predicted octanol–water partition coefficient (Wildman–Crippen LogP) is 3.55. The number of ether oxygens (including phenoxy) is 2. The second kappa shape index (κ2) is 4.12. The molecular weight excluding hydrogens is 318 g/mol. The molecule has 11 heteroatoms. The number of benzene rings is 1. The van der Waals surface area contributed by atoms with E-state index in [1.165, 1.54) is 0 Å². The second-order valence-corrected chi connectivity index (χ2v) is 4.09. The molecule has 21 heavy (non-hydrogen) atoms. The summed E-state index contributed by atoms with van der Waals surface area (Å²) in [6, 6.07) is 1.76.